The molecule has 0 aliphatic rings. The Balaban J connectivity index is 0. The topological polar surface area (TPSA) is 124 Å². The Morgan fingerprint density at radius 2 is 1.10 bits per heavy atom. The number of hydrogen-bond acceptors (Lipinski definition) is 7. The molecular formula is BaO7S2. The van der Waals surface area contributed by atoms with Crippen molar-refractivity contribution in [3.8, 4) is 0 Å². The molecule has 56 valence electrons. The van der Waals surface area contributed by atoms with Crippen LogP contribution in [0.15, 0.2) is 0 Å². The summed E-state index contributed by atoms with van der Waals surface area (Å²) in [6.45, 7) is 0. The zero-order chi connectivity index (χ0) is 7.71. The van der Waals surface area contributed by atoms with Crippen molar-refractivity contribution in [2.75, 3.05) is 0 Å². The molecule has 0 spiro atoms. The summed E-state index contributed by atoms with van der Waals surface area (Å²) in [5.74, 6) is 0. The van der Waals surface area contributed by atoms with Gasteiger partial charge in [0, 0.05) is 0 Å². The maximum Gasteiger partial charge on any atom is 2.00 e. The van der Waals surface area contributed by atoms with Crippen molar-refractivity contribution in [2.24, 2.45) is 0 Å². The molecule has 0 saturated carbocycles. The predicted octanol–water partition coefficient (Wildman–Crippen LogP) is -2.46. The molecule has 0 fully saturated rings. The summed E-state index contributed by atoms with van der Waals surface area (Å²) in [6.07, 6.45) is 0. The SMILES string of the molecule is O=S(=O)([O-])OS(=O)(=O)[O-].[Ba+2]. The van der Waals surface area contributed by atoms with E-state index in [9.17, 15) is 25.9 Å². The first-order valence-electron chi connectivity index (χ1n) is 1.33. The molecule has 0 rings (SSSR count). The second-order valence-corrected chi connectivity index (χ2v) is 3.06. The maximum absolute atomic E-state index is 9.29. The van der Waals surface area contributed by atoms with Gasteiger partial charge >= 0.3 is 48.9 Å². The Labute approximate surface area is 97.7 Å². The van der Waals surface area contributed by atoms with Crippen molar-refractivity contribution in [1.29, 1.82) is 0 Å². The van der Waals surface area contributed by atoms with Gasteiger partial charge < -0.3 is 9.11 Å². The van der Waals surface area contributed by atoms with E-state index in [-0.39, 0.29) is 48.9 Å². The van der Waals surface area contributed by atoms with Crippen LogP contribution in [-0.2, 0) is 24.4 Å². The third kappa shape index (κ3) is 12.1. The van der Waals surface area contributed by atoms with Crippen molar-refractivity contribution in [3.63, 3.8) is 0 Å². The van der Waals surface area contributed by atoms with E-state index >= 15 is 0 Å². The summed E-state index contributed by atoms with van der Waals surface area (Å²) in [4.78, 5) is 0. The van der Waals surface area contributed by atoms with Crippen LogP contribution >= 0.6 is 0 Å². The van der Waals surface area contributed by atoms with Gasteiger partial charge in [0.05, 0.1) is 0 Å². The summed E-state index contributed by atoms with van der Waals surface area (Å²) in [7, 11) is -10.9. The average Bonchev–Trinajstić information content (AvgIpc) is 1.14. The predicted molar refractivity (Wildman–Crippen MR) is 26.2 cm³/mol. The van der Waals surface area contributed by atoms with E-state index in [2.05, 4.69) is 3.63 Å². The molecule has 0 bridgehead atoms. The second kappa shape index (κ2) is 4.40. The van der Waals surface area contributed by atoms with E-state index in [0.29, 0.717) is 0 Å². The Bertz CT molecular complexity index is 237. The molecule has 0 aliphatic carbocycles. The van der Waals surface area contributed by atoms with Crippen LogP contribution in [-0.4, -0.2) is 74.8 Å². The van der Waals surface area contributed by atoms with Gasteiger partial charge in [-0.1, -0.05) is 0 Å². The first-order valence-corrected chi connectivity index (χ1v) is 4.00. The van der Waals surface area contributed by atoms with Gasteiger partial charge in [-0.2, -0.15) is 3.63 Å². The van der Waals surface area contributed by atoms with Crippen LogP contribution in [0.25, 0.3) is 0 Å². The van der Waals surface area contributed by atoms with Gasteiger partial charge in [0.25, 0.3) is 0 Å². The summed E-state index contributed by atoms with van der Waals surface area (Å²) < 4.78 is 58.2. The molecule has 0 N–H and O–H groups in total. The molecule has 0 saturated heterocycles. The van der Waals surface area contributed by atoms with Crippen molar-refractivity contribution in [2.45, 2.75) is 0 Å². The Hall–Kier alpha value is 1.35. The van der Waals surface area contributed by atoms with E-state index in [4.69, 9.17) is 0 Å². The standard InChI is InChI=1S/Ba.H2O7S2/c;1-8(2,3)7-9(4,5)6/h;(H,1,2,3)(H,4,5,6)/q+2;/p-2. The molecule has 7 nitrogen and oxygen atoms in total. The van der Waals surface area contributed by atoms with Crippen LogP contribution in [0.1, 0.15) is 0 Å². The average molecular weight is 313 g/mol. The van der Waals surface area contributed by atoms with E-state index in [1.807, 2.05) is 0 Å². The molecule has 0 atom stereocenters. The Morgan fingerprint density at radius 1 is 0.900 bits per heavy atom. The first kappa shape index (κ1) is 13.9. The van der Waals surface area contributed by atoms with E-state index in [0.717, 1.165) is 0 Å². The molecule has 10 heavy (non-hydrogen) atoms. The molecule has 0 amide bonds. The summed E-state index contributed by atoms with van der Waals surface area (Å²) in [5, 5.41) is 0. The van der Waals surface area contributed by atoms with Crippen LogP contribution in [0, 0.1) is 0 Å². The van der Waals surface area contributed by atoms with Crippen molar-refractivity contribution >= 4 is 69.7 Å². The summed E-state index contributed by atoms with van der Waals surface area (Å²) >= 11 is 0. The van der Waals surface area contributed by atoms with E-state index < -0.39 is 20.8 Å². The number of rotatable bonds is 2. The molecule has 0 aromatic rings. The van der Waals surface area contributed by atoms with Gasteiger partial charge in [-0.05, 0) is 0 Å². The van der Waals surface area contributed by atoms with Crippen molar-refractivity contribution in [1.82, 2.24) is 0 Å². The van der Waals surface area contributed by atoms with Crippen molar-refractivity contribution < 1.29 is 29.6 Å². The fraction of sp³-hybridized carbons (Fsp3) is 0. The third-order valence-corrected chi connectivity index (χ3v) is 1.50. The fourth-order valence-corrected chi connectivity index (χ4v) is 0.919. The van der Waals surface area contributed by atoms with Crippen LogP contribution in [0.5, 0.6) is 0 Å². The first-order chi connectivity index (χ1) is 3.71. The molecule has 0 heterocycles. The Kier molecular flexibility index (Phi) is 6.11. The second-order valence-electron chi connectivity index (χ2n) is 0.885. The van der Waals surface area contributed by atoms with Gasteiger partial charge in [-0.25, -0.2) is 16.8 Å². The van der Waals surface area contributed by atoms with Gasteiger partial charge in [0.1, 0.15) is 0 Å². The number of hydrogen-bond donors (Lipinski definition) is 0. The Morgan fingerprint density at radius 3 is 1.10 bits per heavy atom. The fourth-order valence-electron chi connectivity index (χ4n) is 0.102. The molecule has 0 unspecified atom stereocenters. The third-order valence-electron chi connectivity index (χ3n) is 0.167. The largest absolute Gasteiger partial charge is 2.00 e. The van der Waals surface area contributed by atoms with E-state index in [1.165, 1.54) is 0 Å². The van der Waals surface area contributed by atoms with Crippen molar-refractivity contribution in [3.05, 3.63) is 0 Å². The maximum atomic E-state index is 9.29. The molecule has 0 aliphatic heterocycles. The van der Waals surface area contributed by atoms with Gasteiger partial charge in [-0.3, -0.25) is 0 Å². The smallest absolute Gasteiger partial charge is 0.725 e. The zero-order valence-corrected chi connectivity index (χ0v) is 10.5. The van der Waals surface area contributed by atoms with Gasteiger partial charge in [0.2, 0.25) is 20.8 Å². The molecular weight excluding hydrogens is 313 g/mol. The van der Waals surface area contributed by atoms with E-state index in [1.54, 1.807) is 0 Å². The minimum Gasteiger partial charge on any atom is -0.725 e. The van der Waals surface area contributed by atoms with Crippen LogP contribution in [0.4, 0.5) is 0 Å². The molecule has 0 radical (unpaired) electrons. The normalized spacial score (nSPS) is 12.2. The summed E-state index contributed by atoms with van der Waals surface area (Å²) in [5.41, 5.74) is 0. The monoisotopic (exact) mass is 314 g/mol. The molecule has 0 aromatic carbocycles. The zero-order valence-electron chi connectivity index (χ0n) is 4.38. The van der Waals surface area contributed by atoms with Crippen LogP contribution in [0.3, 0.4) is 0 Å². The van der Waals surface area contributed by atoms with Crippen LogP contribution < -0.4 is 0 Å². The minimum atomic E-state index is -5.43. The molecule has 0 aromatic heterocycles. The van der Waals surface area contributed by atoms with Crippen LogP contribution in [0.2, 0.25) is 0 Å². The summed E-state index contributed by atoms with van der Waals surface area (Å²) in [6, 6.07) is 0. The van der Waals surface area contributed by atoms with Gasteiger partial charge in [0.15, 0.2) is 0 Å². The quantitative estimate of drug-likeness (QED) is 0.315. The van der Waals surface area contributed by atoms with Gasteiger partial charge in [-0.15, -0.1) is 0 Å². The minimum absolute atomic E-state index is 0. The molecule has 10 heteroatoms.